The molecule has 14 aromatic carbocycles. The van der Waals surface area contributed by atoms with Crippen LogP contribution in [0.25, 0.3) is 78.9 Å². The van der Waals surface area contributed by atoms with Crippen molar-refractivity contribution in [1.82, 2.24) is 0 Å². The van der Waals surface area contributed by atoms with E-state index < -0.39 is 5.41 Å². The molecular formula is C105H89N. The quantitative estimate of drug-likeness (QED) is 0.0648. The Labute approximate surface area is 627 Å². The summed E-state index contributed by atoms with van der Waals surface area (Å²) in [6.45, 7) is 17.5. The molecule has 106 heavy (non-hydrogen) atoms. The summed E-state index contributed by atoms with van der Waals surface area (Å²) in [5, 5.41) is 0. The van der Waals surface area contributed by atoms with Crippen molar-refractivity contribution < 1.29 is 0 Å². The van der Waals surface area contributed by atoms with Gasteiger partial charge >= 0.3 is 0 Å². The lowest BCUT2D eigenvalue weighted by molar-refractivity contribution is 0.658. The lowest BCUT2D eigenvalue weighted by atomic mass is 9.70. The van der Waals surface area contributed by atoms with Crippen LogP contribution in [0.3, 0.4) is 0 Å². The number of unbranched alkanes of at least 4 members (excludes halogenated alkanes) is 2. The molecule has 0 saturated heterocycles. The SMILES string of the molecule is C=Cc1ccc(CCCCc2ccc(-c3ccc(C(Cc4ccc5c(c4)C(C)(C)c4ccccc4-5)c4cccc5c4-c4ccccc4C54c5ccccc5-c5c(N(c6ccc(-c7ccc(CCCCc8ccc(C=C)cc8)cc7)cc6)c6ccc7c(c6)C(C)(C)c6ccccc6-7)cccc54)cc3)cc2)cc1. The molecular weight excluding hydrogens is 1280 g/mol. The minimum atomic E-state index is -0.618. The van der Waals surface area contributed by atoms with Crippen molar-refractivity contribution >= 4 is 29.2 Å². The molecule has 14 aromatic rings. The monoisotopic (exact) mass is 1360 g/mol. The summed E-state index contributed by atoms with van der Waals surface area (Å²) in [5.41, 5.74) is 40.7. The van der Waals surface area contributed by atoms with Crippen molar-refractivity contribution in [2.75, 3.05) is 4.90 Å². The summed E-state index contributed by atoms with van der Waals surface area (Å²) < 4.78 is 0. The summed E-state index contributed by atoms with van der Waals surface area (Å²) in [5.74, 6) is 0.0238. The number of hydrogen-bond acceptors (Lipinski definition) is 1. The van der Waals surface area contributed by atoms with Crippen LogP contribution in [0.4, 0.5) is 17.1 Å². The van der Waals surface area contributed by atoms with E-state index in [4.69, 9.17) is 0 Å². The molecule has 18 rings (SSSR count). The van der Waals surface area contributed by atoms with Crippen molar-refractivity contribution in [2.24, 2.45) is 0 Å². The fourth-order valence-electron chi connectivity index (χ4n) is 18.9. The Morgan fingerprint density at radius 1 is 0.302 bits per heavy atom. The highest BCUT2D eigenvalue weighted by Gasteiger charge is 2.53. The maximum Gasteiger partial charge on any atom is 0.0726 e. The molecule has 0 N–H and O–H groups in total. The smallest absolute Gasteiger partial charge is 0.0726 e. The molecule has 4 aliphatic carbocycles. The first-order valence-corrected chi connectivity index (χ1v) is 38.5. The second-order valence-corrected chi connectivity index (χ2v) is 31.2. The van der Waals surface area contributed by atoms with Crippen molar-refractivity contribution in [3.63, 3.8) is 0 Å². The fraction of sp³-hybridized carbons (Fsp3) is 0.162. The maximum atomic E-state index is 3.93. The van der Waals surface area contributed by atoms with E-state index in [-0.39, 0.29) is 16.7 Å². The summed E-state index contributed by atoms with van der Waals surface area (Å²) >= 11 is 0. The van der Waals surface area contributed by atoms with Gasteiger partial charge in [0.25, 0.3) is 0 Å². The Bertz CT molecular complexity index is 5680. The van der Waals surface area contributed by atoms with Crippen molar-refractivity contribution in [3.8, 4) is 66.8 Å². The zero-order valence-electron chi connectivity index (χ0n) is 61.5. The Morgan fingerprint density at radius 2 is 0.670 bits per heavy atom. The van der Waals surface area contributed by atoms with Crippen LogP contribution in [0.2, 0.25) is 0 Å². The van der Waals surface area contributed by atoms with Gasteiger partial charge in [0.2, 0.25) is 0 Å². The number of fused-ring (bicyclic) bond motifs is 16. The fourth-order valence-corrected chi connectivity index (χ4v) is 18.9. The van der Waals surface area contributed by atoms with Gasteiger partial charge in [0.15, 0.2) is 0 Å². The van der Waals surface area contributed by atoms with Gasteiger partial charge in [0.1, 0.15) is 0 Å². The largest absolute Gasteiger partial charge is 0.310 e. The molecule has 4 aliphatic rings. The Kier molecular flexibility index (Phi) is 17.0. The topological polar surface area (TPSA) is 3.24 Å². The number of rotatable bonds is 21. The summed E-state index contributed by atoms with van der Waals surface area (Å²) in [4.78, 5) is 2.57. The molecule has 514 valence electrons. The van der Waals surface area contributed by atoms with Gasteiger partial charge in [-0.25, -0.2) is 0 Å². The van der Waals surface area contributed by atoms with E-state index in [0.717, 1.165) is 62.7 Å². The van der Waals surface area contributed by atoms with Crippen LogP contribution in [0.5, 0.6) is 0 Å². The molecule has 0 aliphatic heterocycles. The zero-order chi connectivity index (χ0) is 71.7. The lowest BCUT2D eigenvalue weighted by Gasteiger charge is -2.32. The summed E-state index contributed by atoms with van der Waals surface area (Å²) in [6.07, 6.45) is 13.6. The molecule has 0 aromatic heterocycles. The number of nitrogens with zero attached hydrogens (tertiary/aromatic N) is 1. The molecule has 2 unspecified atom stereocenters. The van der Waals surface area contributed by atoms with Gasteiger partial charge in [0, 0.05) is 33.7 Å². The van der Waals surface area contributed by atoms with Gasteiger partial charge in [-0.1, -0.05) is 338 Å². The maximum absolute atomic E-state index is 3.93. The minimum absolute atomic E-state index is 0.0238. The second-order valence-electron chi connectivity index (χ2n) is 31.2. The number of hydrogen-bond donors (Lipinski definition) is 0. The van der Waals surface area contributed by atoms with E-state index in [1.807, 2.05) is 12.2 Å². The van der Waals surface area contributed by atoms with Gasteiger partial charge in [-0.15, -0.1) is 0 Å². The van der Waals surface area contributed by atoms with Crippen LogP contribution in [0.1, 0.15) is 154 Å². The normalized spacial score (nSPS) is 15.0. The van der Waals surface area contributed by atoms with E-state index >= 15 is 0 Å². The average Bonchev–Trinajstić information content (AvgIpc) is 1.50. The lowest BCUT2D eigenvalue weighted by Crippen LogP contribution is -2.26. The summed E-state index contributed by atoms with van der Waals surface area (Å²) in [6, 6.07) is 121. The highest BCUT2D eigenvalue weighted by atomic mass is 15.1. The molecule has 0 saturated carbocycles. The average molecular weight is 1360 g/mol. The van der Waals surface area contributed by atoms with E-state index in [1.54, 1.807) is 0 Å². The Balaban J connectivity index is 0.726. The van der Waals surface area contributed by atoms with Crippen LogP contribution in [0.15, 0.2) is 329 Å². The standard InChI is InChI=1S/C105H89N/c1-7-70-39-43-72(44-40-70)23-9-11-25-74-47-52-77(53-48-74)79-56-58-81(59-57-79)91(67-76-51-65-86-84-27-13-17-32-92(84)103(3,4)98(86)68-76)88-31-21-36-96-101(88)89-29-15-19-34-94(89)105(96)95-35-20-16-30-90(95)102-97(105)37-22-38-100(102)106(83-64-66-87-85-28-14-18-33-93(85)104(5,6)99(87)69-83)82-62-60-80(61-63-82)78-54-49-75(50-55-78)26-12-10-24-73-45-41-71(8-2)42-46-73/h7-8,13-22,27-66,68-69,91H,1-2,9-12,23-26,67H2,3-6H3. The third-order valence-corrected chi connectivity index (χ3v) is 24.5. The minimum Gasteiger partial charge on any atom is -0.310 e. The molecule has 0 bridgehead atoms. The van der Waals surface area contributed by atoms with Gasteiger partial charge in [-0.05, 0) is 244 Å². The van der Waals surface area contributed by atoms with E-state index in [9.17, 15) is 0 Å². The first-order valence-electron chi connectivity index (χ1n) is 38.5. The number of benzene rings is 14. The number of aryl methyl sites for hydroxylation is 4. The van der Waals surface area contributed by atoms with E-state index in [2.05, 4.69) is 361 Å². The Hall–Kier alpha value is -11.6. The first kappa shape index (κ1) is 66.3. The predicted octanol–water partition coefficient (Wildman–Crippen LogP) is 27.2. The van der Waals surface area contributed by atoms with Crippen LogP contribution in [-0.2, 0) is 48.3 Å². The molecule has 0 radical (unpaired) electrons. The van der Waals surface area contributed by atoms with Gasteiger partial charge in [-0.3, -0.25) is 0 Å². The molecule has 1 spiro atoms. The van der Waals surface area contributed by atoms with Gasteiger partial charge in [0.05, 0.1) is 11.1 Å². The highest BCUT2D eigenvalue weighted by Crippen LogP contribution is 2.66. The number of anilines is 3. The third-order valence-electron chi connectivity index (χ3n) is 24.5. The van der Waals surface area contributed by atoms with Crippen LogP contribution in [-0.4, -0.2) is 0 Å². The van der Waals surface area contributed by atoms with Crippen molar-refractivity contribution in [1.29, 1.82) is 0 Å². The molecule has 0 heterocycles. The van der Waals surface area contributed by atoms with Crippen LogP contribution < -0.4 is 4.90 Å². The molecule has 0 fully saturated rings. The molecule has 1 nitrogen and oxygen atoms in total. The van der Waals surface area contributed by atoms with Crippen molar-refractivity contribution in [2.45, 2.75) is 108 Å². The summed E-state index contributed by atoms with van der Waals surface area (Å²) in [7, 11) is 0. The van der Waals surface area contributed by atoms with E-state index in [1.165, 1.54) is 173 Å². The molecule has 2 atom stereocenters. The Morgan fingerprint density at radius 3 is 1.17 bits per heavy atom. The van der Waals surface area contributed by atoms with Crippen LogP contribution >= 0.6 is 0 Å². The van der Waals surface area contributed by atoms with Gasteiger partial charge < -0.3 is 4.90 Å². The molecule has 1 heteroatoms. The van der Waals surface area contributed by atoms with Crippen molar-refractivity contribution in [3.05, 3.63) is 423 Å². The van der Waals surface area contributed by atoms with Crippen LogP contribution in [0, 0.1) is 0 Å². The highest BCUT2D eigenvalue weighted by molar-refractivity contribution is 6.02. The molecule has 0 amide bonds. The van der Waals surface area contributed by atoms with Gasteiger partial charge in [-0.2, -0.15) is 0 Å². The first-order chi connectivity index (χ1) is 52.0. The third kappa shape index (κ3) is 11.4. The second kappa shape index (κ2) is 27.1. The zero-order valence-corrected chi connectivity index (χ0v) is 61.5. The van der Waals surface area contributed by atoms with E-state index in [0.29, 0.717) is 0 Å². The predicted molar refractivity (Wildman–Crippen MR) is 448 cm³/mol.